The molecule has 0 spiro atoms. The highest BCUT2D eigenvalue weighted by molar-refractivity contribution is 5.66. The molecule has 154 valence electrons. The Bertz CT molecular complexity index is 574. The van der Waals surface area contributed by atoms with Crippen LogP contribution in [0.2, 0.25) is 0 Å². The van der Waals surface area contributed by atoms with Crippen molar-refractivity contribution in [2.45, 2.75) is 97.5 Å². The number of carboxylic acid groups (broad SMARTS) is 1. The number of carbonyl (C=O) groups is 1. The molecule has 7 unspecified atom stereocenters. The minimum absolute atomic E-state index is 0.00303. The third-order valence-corrected chi connectivity index (χ3v) is 10.3. The molecule has 0 aromatic rings. The second-order valence-electron chi connectivity index (χ2n) is 11.1. The first-order valence-electron chi connectivity index (χ1n) is 11.7. The van der Waals surface area contributed by atoms with Crippen LogP contribution in [-0.2, 0) is 4.79 Å². The first-order valence-corrected chi connectivity index (χ1v) is 11.7. The van der Waals surface area contributed by atoms with E-state index in [0.29, 0.717) is 29.1 Å². The van der Waals surface area contributed by atoms with Gasteiger partial charge in [-0.05, 0) is 97.7 Å². The van der Waals surface area contributed by atoms with Crippen LogP contribution in [0.25, 0.3) is 0 Å². The van der Waals surface area contributed by atoms with Crippen molar-refractivity contribution in [2.75, 3.05) is 0 Å². The summed E-state index contributed by atoms with van der Waals surface area (Å²) in [5.41, 5.74) is 0.452. The van der Waals surface area contributed by atoms with Crippen LogP contribution in [0.4, 0.5) is 0 Å². The van der Waals surface area contributed by atoms with Crippen LogP contribution in [-0.4, -0.2) is 22.3 Å². The van der Waals surface area contributed by atoms with Gasteiger partial charge in [0.25, 0.3) is 0 Å². The molecule has 4 fully saturated rings. The third kappa shape index (κ3) is 2.98. The molecule has 2 N–H and O–H groups in total. The average Bonchev–Trinajstić information content (AvgIpc) is 2.99. The highest BCUT2D eigenvalue weighted by Gasteiger charge is 2.63. The van der Waals surface area contributed by atoms with Crippen molar-refractivity contribution in [1.29, 1.82) is 0 Å². The maximum Gasteiger partial charge on any atom is 0.303 e. The van der Waals surface area contributed by atoms with Crippen molar-refractivity contribution in [3.63, 3.8) is 0 Å². The summed E-state index contributed by atoms with van der Waals surface area (Å²) in [6, 6.07) is 0. The second kappa shape index (κ2) is 7.04. The van der Waals surface area contributed by atoms with E-state index in [0.717, 1.165) is 24.7 Å². The fraction of sp³-hybridized carbons (Fsp3) is 0.958. The van der Waals surface area contributed by atoms with E-state index < -0.39 is 5.97 Å². The molecule has 3 heteroatoms. The topological polar surface area (TPSA) is 57.5 Å². The van der Waals surface area contributed by atoms with E-state index in [-0.39, 0.29) is 17.9 Å². The molecule has 3 nitrogen and oxygen atoms in total. The molecule has 0 radical (unpaired) electrons. The zero-order chi connectivity index (χ0) is 19.4. The SMILES string of the molecule is CC(CCC(=O)O)C1CCC2C3CCC4CCCC[C@]4(C)C3CC(O)[C@]12C. The largest absolute Gasteiger partial charge is 0.481 e. The van der Waals surface area contributed by atoms with E-state index in [1.807, 2.05) is 0 Å². The van der Waals surface area contributed by atoms with Crippen LogP contribution in [0.1, 0.15) is 91.4 Å². The van der Waals surface area contributed by atoms with Crippen molar-refractivity contribution in [2.24, 2.45) is 46.3 Å². The summed E-state index contributed by atoms with van der Waals surface area (Å²) in [5, 5.41) is 20.6. The Morgan fingerprint density at radius 3 is 2.59 bits per heavy atom. The molecular weight excluding hydrogens is 336 g/mol. The van der Waals surface area contributed by atoms with Gasteiger partial charge in [-0.25, -0.2) is 0 Å². The second-order valence-corrected chi connectivity index (χ2v) is 11.1. The number of aliphatic hydroxyl groups excluding tert-OH is 1. The number of rotatable bonds is 4. The van der Waals surface area contributed by atoms with E-state index in [1.54, 1.807) is 0 Å². The number of hydrogen-bond acceptors (Lipinski definition) is 2. The summed E-state index contributed by atoms with van der Waals surface area (Å²) in [4.78, 5) is 11.1. The highest BCUT2D eigenvalue weighted by Crippen LogP contribution is 2.68. The van der Waals surface area contributed by atoms with Gasteiger partial charge in [0.2, 0.25) is 0 Å². The van der Waals surface area contributed by atoms with Gasteiger partial charge in [-0.2, -0.15) is 0 Å². The normalized spacial score (nSPS) is 50.4. The van der Waals surface area contributed by atoms with Gasteiger partial charge in [-0.1, -0.05) is 33.6 Å². The Hall–Kier alpha value is -0.570. The molecule has 4 rings (SSSR count). The molecule has 0 bridgehead atoms. The van der Waals surface area contributed by atoms with Crippen molar-refractivity contribution < 1.29 is 15.0 Å². The van der Waals surface area contributed by atoms with Crippen LogP contribution in [0.15, 0.2) is 0 Å². The van der Waals surface area contributed by atoms with Crippen molar-refractivity contribution in [1.82, 2.24) is 0 Å². The predicted octanol–water partition coefficient (Wildman–Crippen LogP) is 5.51. The summed E-state index contributed by atoms with van der Waals surface area (Å²) in [6.07, 6.45) is 12.6. The molecule has 9 atom stereocenters. The van der Waals surface area contributed by atoms with Gasteiger partial charge in [0.15, 0.2) is 0 Å². The van der Waals surface area contributed by atoms with Gasteiger partial charge in [0.1, 0.15) is 0 Å². The highest BCUT2D eigenvalue weighted by atomic mass is 16.4. The molecule has 4 saturated carbocycles. The van der Waals surface area contributed by atoms with Crippen molar-refractivity contribution >= 4 is 5.97 Å². The minimum atomic E-state index is -0.686. The van der Waals surface area contributed by atoms with E-state index >= 15 is 0 Å². The maximum absolute atomic E-state index is 11.5. The summed E-state index contributed by atoms with van der Waals surface area (Å²) in [6.45, 7) is 7.16. The maximum atomic E-state index is 11.5. The van der Waals surface area contributed by atoms with Gasteiger partial charge in [0.05, 0.1) is 6.10 Å². The lowest BCUT2D eigenvalue weighted by Gasteiger charge is -2.62. The molecule has 4 aliphatic carbocycles. The summed E-state index contributed by atoms with van der Waals surface area (Å²) < 4.78 is 0. The molecule has 0 aromatic heterocycles. The molecule has 0 aliphatic heterocycles. The van der Waals surface area contributed by atoms with Gasteiger partial charge in [-0.3, -0.25) is 4.79 Å². The predicted molar refractivity (Wildman–Crippen MR) is 107 cm³/mol. The van der Waals surface area contributed by atoms with Crippen LogP contribution >= 0.6 is 0 Å². The smallest absolute Gasteiger partial charge is 0.303 e. The monoisotopic (exact) mass is 376 g/mol. The first-order chi connectivity index (χ1) is 12.8. The van der Waals surface area contributed by atoms with Gasteiger partial charge in [-0.15, -0.1) is 0 Å². The van der Waals surface area contributed by atoms with E-state index in [9.17, 15) is 9.90 Å². The molecular formula is C24H40O3. The molecule has 0 aromatic carbocycles. The average molecular weight is 377 g/mol. The number of hydrogen-bond donors (Lipinski definition) is 2. The minimum Gasteiger partial charge on any atom is -0.481 e. The summed E-state index contributed by atoms with van der Waals surface area (Å²) in [7, 11) is 0. The molecule has 0 amide bonds. The third-order valence-electron chi connectivity index (χ3n) is 10.3. The van der Waals surface area contributed by atoms with E-state index in [4.69, 9.17) is 5.11 Å². The van der Waals surface area contributed by atoms with Gasteiger partial charge >= 0.3 is 5.97 Å². The number of fused-ring (bicyclic) bond motifs is 5. The zero-order valence-electron chi connectivity index (χ0n) is 17.6. The Kier molecular flexibility index (Phi) is 5.15. The zero-order valence-corrected chi connectivity index (χ0v) is 17.6. The quantitative estimate of drug-likeness (QED) is 0.680. The molecule has 0 heterocycles. The Labute approximate surface area is 165 Å². The fourth-order valence-electron chi connectivity index (χ4n) is 8.77. The van der Waals surface area contributed by atoms with Gasteiger partial charge in [0, 0.05) is 6.42 Å². The number of carboxylic acids is 1. The Morgan fingerprint density at radius 2 is 1.85 bits per heavy atom. The molecule has 4 aliphatic rings. The lowest BCUT2D eigenvalue weighted by Crippen LogP contribution is -2.58. The fourth-order valence-corrected chi connectivity index (χ4v) is 8.77. The number of aliphatic hydroxyl groups is 1. The Morgan fingerprint density at radius 1 is 1.07 bits per heavy atom. The van der Waals surface area contributed by atoms with Crippen LogP contribution < -0.4 is 0 Å². The summed E-state index contributed by atoms with van der Waals surface area (Å²) in [5.74, 6) is 3.21. The van der Waals surface area contributed by atoms with E-state index in [2.05, 4.69) is 20.8 Å². The standard InChI is InChI=1S/C24H40O3/c1-15(7-12-22(26)27)18-10-11-19-17-9-8-16-6-4-5-13-23(16,2)20(17)14-21(25)24(18,19)3/h15-21,25H,4-14H2,1-3H3,(H,26,27)/t15?,16?,17?,18?,19?,20?,21?,23-,24+/m0/s1. The van der Waals surface area contributed by atoms with Crippen molar-refractivity contribution in [3.8, 4) is 0 Å². The molecule has 27 heavy (non-hydrogen) atoms. The first kappa shape index (κ1) is 19.7. The molecule has 0 saturated heterocycles. The van der Waals surface area contributed by atoms with Crippen LogP contribution in [0.3, 0.4) is 0 Å². The lowest BCUT2D eigenvalue weighted by atomic mass is 9.44. The Balaban J connectivity index is 1.57. The lowest BCUT2D eigenvalue weighted by molar-refractivity contribution is -0.168. The van der Waals surface area contributed by atoms with Gasteiger partial charge < -0.3 is 10.2 Å². The number of aliphatic carboxylic acids is 1. The van der Waals surface area contributed by atoms with E-state index in [1.165, 1.54) is 51.4 Å². The van der Waals surface area contributed by atoms with Crippen molar-refractivity contribution in [3.05, 3.63) is 0 Å². The summed E-state index contributed by atoms with van der Waals surface area (Å²) >= 11 is 0. The van der Waals surface area contributed by atoms with Crippen LogP contribution in [0.5, 0.6) is 0 Å². The van der Waals surface area contributed by atoms with Crippen LogP contribution in [0, 0.1) is 46.3 Å².